The molecule has 2 fully saturated rings. The Kier molecular flexibility index (Phi) is 4.72. The molecule has 2 saturated carbocycles. The molecule has 3 nitrogen and oxygen atoms in total. The first-order chi connectivity index (χ1) is 10.1. The molecule has 3 rings (SSSR count). The van der Waals surface area contributed by atoms with E-state index in [0.717, 1.165) is 30.8 Å². The summed E-state index contributed by atoms with van der Waals surface area (Å²) in [6, 6.07) is 7.00. The molecule has 0 radical (unpaired) electrons. The molecule has 0 saturated heterocycles. The van der Waals surface area contributed by atoms with Crippen molar-refractivity contribution in [3.05, 3.63) is 28.8 Å². The largest absolute Gasteiger partial charge is 0.391 e. The summed E-state index contributed by atoms with van der Waals surface area (Å²) in [6.07, 6.45) is 6.68. The van der Waals surface area contributed by atoms with Crippen LogP contribution in [0.3, 0.4) is 0 Å². The van der Waals surface area contributed by atoms with Crippen LogP contribution in [0.15, 0.2) is 18.2 Å². The molecular weight excluding hydrogens is 284 g/mol. The van der Waals surface area contributed by atoms with Crippen molar-refractivity contribution in [3.8, 4) is 0 Å². The molecule has 2 atom stereocenters. The zero-order valence-electron chi connectivity index (χ0n) is 12.7. The number of hydrogen-bond donors (Lipinski definition) is 2. The average Bonchev–Trinajstić information content (AvgIpc) is 3.29. The van der Waals surface area contributed by atoms with Gasteiger partial charge in [0.15, 0.2) is 0 Å². The molecule has 1 aromatic rings. The number of halogens is 1. The smallest absolute Gasteiger partial charge is 0.0743 e. The van der Waals surface area contributed by atoms with Gasteiger partial charge in [0.2, 0.25) is 0 Å². The van der Waals surface area contributed by atoms with Crippen molar-refractivity contribution in [1.29, 1.82) is 0 Å². The van der Waals surface area contributed by atoms with Crippen molar-refractivity contribution in [2.75, 3.05) is 11.9 Å². The predicted molar refractivity (Wildman–Crippen MR) is 88.0 cm³/mol. The zero-order valence-corrected chi connectivity index (χ0v) is 13.4. The third-order valence-corrected chi connectivity index (χ3v) is 5.01. The quantitative estimate of drug-likeness (QED) is 0.876. The highest BCUT2D eigenvalue weighted by molar-refractivity contribution is 6.30. The Morgan fingerprint density at radius 2 is 2.00 bits per heavy atom. The van der Waals surface area contributed by atoms with Crippen LogP contribution in [0.5, 0.6) is 0 Å². The van der Waals surface area contributed by atoms with Crippen LogP contribution in [-0.2, 0) is 6.54 Å². The first-order valence-electron chi connectivity index (χ1n) is 8.08. The zero-order chi connectivity index (χ0) is 14.8. The number of aliphatic hydroxyl groups excluding tert-OH is 1. The second-order valence-corrected chi connectivity index (χ2v) is 6.89. The third kappa shape index (κ3) is 3.71. The summed E-state index contributed by atoms with van der Waals surface area (Å²) in [7, 11) is 2.10. The van der Waals surface area contributed by atoms with Crippen LogP contribution in [0.1, 0.15) is 44.1 Å². The van der Waals surface area contributed by atoms with Gasteiger partial charge in [-0.1, -0.05) is 24.4 Å². The van der Waals surface area contributed by atoms with E-state index >= 15 is 0 Å². The summed E-state index contributed by atoms with van der Waals surface area (Å²) < 4.78 is 0. The van der Waals surface area contributed by atoms with Crippen LogP contribution in [0.2, 0.25) is 5.02 Å². The van der Waals surface area contributed by atoms with Crippen molar-refractivity contribution in [2.45, 2.75) is 63.3 Å². The molecule has 0 amide bonds. The van der Waals surface area contributed by atoms with Crippen LogP contribution in [0.25, 0.3) is 0 Å². The number of likely N-dealkylation sites (N-methyl/N-ethyl adjacent to an activating group) is 1. The van der Waals surface area contributed by atoms with Crippen LogP contribution < -0.4 is 10.2 Å². The first-order valence-corrected chi connectivity index (χ1v) is 8.45. The molecule has 0 aromatic heterocycles. The summed E-state index contributed by atoms with van der Waals surface area (Å²) in [4.78, 5) is 2.25. The van der Waals surface area contributed by atoms with Crippen molar-refractivity contribution in [2.24, 2.45) is 0 Å². The minimum atomic E-state index is -0.219. The van der Waals surface area contributed by atoms with E-state index in [-0.39, 0.29) is 12.1 Å². The second-order valence-electron chi connectivity index (χ2n) is 6.46. The Labute approximate surface area is 132 Å². The lowest BCUT2D eigenvalue weighted by Crippen LogP contribution is -2.44. The van der Waals surface area contributed by atoms with Gasteiger partial charge in [-0.25, -0.2) is 0 Å². The Hall–Kier alpha value is -0.770. The first kappa shape index (κ1) is 15.1. The lowest BCUT2D eigenvalue weighted by molar-refractivity contribution is 0.106. The van der Waals surface area contributed by atoms with E-state index in [2.05, 4.69) is 29.4 Å². The van der Waals surface area contributed by atoms with E-state index in [4.69, 9.17) is 11.6 Å². The van der Waals surface area contributed by atoms with Gasteiger partial charge in [-0.2, -0.15) is 0 Å². The van der Waals surface area contributed by atoms with E-state index < -0.39 is 0 Å². The number of nitrogens with zero attached hydrogens (tertiary/aromatic N) is 1. The summed E-state index contributed by atoms with van der Waals surface area (Å²) in [5.74, 6) is 0. The Morgan fingerprint density at radius 3 is 2.71 bits per heavy atom. The summed E-state index contributed by atoms with van der Waals surface area (Å²) in [6.45, 7) is 0.855. The standard InChI is InChI=1S/C17H25ClN2O/c1-20(16-4-2-3-5-17(16)21)15-9-6-13(18)10-12(15)11-19-14-7-8-14/h6,9-10,14,16-17,19,21H,2-5,7-8,11H2,1H3. The van der Waals surface area contributed by atoms with Gasteiger partial charge in [0.05, 0.1) is 12.1 Å². The van der Waals surface area contributed by atoms with Gasteiger partial charge < -0.3 is 15.3 Å². The number of nitrogens with one attached hydrogen (secondary N) is 1. The molecule has 2 unspecified atom stereocenters. The number of aliphatic hydroxyl groups is 1. The Bertz CT molecular complexity index is 490. The fourth-order valence-corrected chi connectivity index (χ4v) is 3.50. The molecule has 0 aliphatic heterocycles. The summed E-state index contributed by atoms with van der Waals surface area (Å²) in [5, 5.41) is 14.6. The van der Waals surface area contributed by atoms with E-state index in [9.17, 15) is 5.11 Å². The summed E-state index contributed by atoms with van der Waals surface area (Å²) in [5.41, 5.74) is 2.42. The van der Waals surface area contributed by atoms with Crippen molar-refractivity contribution >= 4 is 17.3 Å². The summed E-state index contributed by atoms with van der Waals surface area (Å²) >= 11 is 6.17. The molecule has 4 heteroatoms. The van der Waals surface area contributed by atoms with E-state index in [1.165, 1.54) is 30.5 Å². The van der Waals surface area contributed by atoms with Crippen LogP contribution >= 0.6 is 11.6 Å². The Morgan fingerprint density at radius 1 is 1.24 bits per heavy atom. The highest BCUT2D eigenvalue weighted by Crippen LogP contribution is 2.31. The maximum atomic E-state index is 10.3. The normalized spacial score (nSPS) is 25.9. The fraction of sp³-hybridized carbons (Fsp3) is 0.647. The predicted octanol–water partition coefficient (Wildman–Crippen LogP) is 3.33. The number of benzene rings is 1. The molecule has 2 aliphatic rings. The second kappa shape index (κ2) is 6.55. The van der Waals surface area contributed by atoms with E-state index in [1.807, 2.05) is 6.07 Å². The van der Waals surface area contributed by atoms with Crippen LogP contribution in [0.4, 0.5) is 5.69 Å². The Balaban J connectivity index is 1.78. The van der Waals surface area contributed by atoms with Crippen molar-refractivity contribution < 1.29 is 5.11 Å². The number of anilines is 1. The van der Waals surface area contributed by atoms with Gasteiger partial charge >= 0.3 is 0 Å². The maximum absolute atomic E-state index is 10.3. The van der Waals surface area contributed by atoms with Gasteiger partial charge in [0.25, 0.3) is 0 Å². The highest BCUT2D eigenvalue weighted by atomic mass is 35.5. The minimum absolute atomic E-state index is 0.219. The molecule has 1 aromatic carbocycles. The topological polar surface area (TPSA) is 35.5 Å². The van der Waals surface area contributed by atoms with Crippen molar-refractivity contribution in [1.82, 2.24) is 5.32 Å². The highest BCUT2D eigenvalue weighted by Gasteiger charge is 2.28. The molecule has 0 bridgehead atoms. The molecular formula is C17H25ClN2O. The molecule has 21 heavy (non-hydrogen) atoms. The number of hydrogen-bond acceptors (Lipinski definition) is 3. The maximum Gasteiger partial charge on any atom is 0.0743 e. The number of rotatable bonds is 5. The monoisotopic (exact) mass is 308 g/mol. The fourth-order valence-electron chi connectivity index (χ4n) is 3.30. The molecule has 116 valence electrons. The van der Waals surface area contributed by atoms with E-state index in [1.54, 1.807) is 0 Å². The van der Waals surface area contributed by atoms with Crippen molar-refractivity contribution in [3.63, 3.8) is 0 Å². The van der Waals surface area contributed by atoms with Gasteiger partial charge in [-0.3, -0.25) is 0 Å². The van der Waals surface area contributed by atoms with Gasteiger partial charge in [-0.05, 0) is 49.4 Å². The average molecular weight is 309 g/mol. The van der Waals surface area contributed by atoms with Gasteiger partial charge in [0, 0.05) is 30.3 Å². The van der Waals surface area contributed by atoms with Gasteiger partial charge in [0.1, 0.15) is 0 Å². The minimum Gasteiger partial charge on any atom is -0.391 e. The molecule has 0 spiro atoms. The lowest BCUT2D eigenvalue weighted by atomic mass is 9.91. The van der Waals surface area contributed by atoms with Crippen LogP contribution in [0, 0.1) is 0 Å². The lowest BCUT2D eigenvalue weighted by Gasteiger charge is -2.37. The molecule has 0 heterocycles. The van der Waals surface area contributed by atoms with E-state index in [0.29, 0.717) is 6.04 Å². The van der Waals surface area contributed by atoms with Crippen LogP contribution in [-0.4, -0.2) is 30.3 Å². The van der Waals surface area contributed by atoms with Gasteiger partial charge in [-0.15, -0.1) is 0 Å². The third-order valence-electron chi connectivity index (χ3n) is 4.77. The molecule has 2 aliphatic carbocycles. The SMILES string of the molecule is CN(c1ccc(Cl)cc1CNC1CC1)C1CCCCC1O. The molecule has 2 N–H and O–H groups in total.